The topological polar surface area (TPSA) is 29.5 Å². The van der Waals surface area contributed by atoms with Crippen LogP contribution >= 0.6 is 11.6 Å². The number of amides is 1. The summed E-state index contributed by atoms with van der Waals surface area (Å²) in [6.45, 7) is 2.56. The summed E-state index contributed by atoms with van der Waals surface area (Å²) in [6.07, 6.45) is -0.456. The Kier molecular flexibility index (Phi) is 3.34. The summed E-state index contributed by atoms with van der Waals surface area (Å²) in [6, 6.07) is 9.93. The molecule has 1 aliphatic heterocycles. The molecule has 2 atom stereocenters. The van der Waals surface area contributed by atoms with Gasteiger partial charge in [0.05, 0.1) is 18.5 Å². The van der Waals surface area contributed by atoms with Crippen LogP contribution in [0.25, 0.3) is 0 Å². The molecular formula is C12H14ClNO2. The number of hydrogen-bond acceptors (Lipinski definition) is 2. The van der Waals surface area contributed by atoms with Crippen molar-refractivity contribution in [2.75, 3.05) is 12.4 Å². The highest BCUT2D eigenvalue weighted by Gasteiger charge is 2.34. The van der Waals surface area contributed by atoms with Crippen molar-refractivity contribution in [2.24, 2.45) is 0 Å². The molecule has 86 valence electrons. The van der Waals surface area contributed by atoms with Crippen LogP contribution in [0.2, 0.25) is 0 Å². The Morgan fingerprint density at radius 1 is 1.50 bits per heavy atom. The van der Waals surface area contributed by atoms with Gasteiger partial charge in [-0.3, -0.25) is 4.90 Å². The van der Waals surface area contributed by atoms with Gasteiger partial charge in [0.15, 0.2) is 0 Å². The summed E-state index contributed by atoms with van der Waals surface area (Å²) < 4.78 is 5.12. The molecule has 4 heteroatoms. The normalized spacial score (nSPS) is 22.0. The third-order valence-electron chi connectivity index (χ3n) is 2.82. The number of nitrogens with zero attached hydrogens (tertiary/aromatic N) is 1. The van der Waals surface area contributed by atoms with Crippen molar-refractivity contribution < 1.29 is 9.53 Å². The van der Waals surface area contributed by atoms with E-state index in [9.17, 15) is 4.79 Å². The molecule has 2 rings (SSSR count). The largest absolute Gasteiger partial charge is 0.443 e. The number of cyclic esters (lactones) is 1. The Balaban J connectivity index is 2.11. The molecule has 1 amide bonds. The van der Waals surface area contributed by atoms with Gasteiger partial charge in [0, 0.05) is 0 Å². The molecule has 0 radical (unpaired) electrons. The maximum atomic E-state index is 11.6. The van der Waals surface area contributed by atoms with E-state index >= 15 is 0 Å². The summed E-state index contributed by atoms with van der Waals surface area (Å²) >= 11 is 5.69. The van der Waals surface area contributed by atoms with E-state index in [0.717, 1.165) is 5.56 Å². The average Bonchev–Trinajstić information content (AvgIpc) is 2.71. The Bertz CT molecular complexity index is 369. The number of halogens is 1. The van der Waals surface area contributed by atoms with Gasteiger partial charge in [-0.25, -0.2) is 4.79 Å². The number of rotatable bonds is 3. The molecule has 16 heavy (non-hydrogen) atoms. The van der Waals surface area contributed by atoms with Crippen LogP contribution in [-0.2, 0) is 4.74 Å². The van der Waals surface area contributed by atoms with Crippen molar-refractivity contribution in [3.63, 3.8) is 0 Å². The summed E-state index contributed by atoms with van der Waals surface area (Å²) in [5.41, 5.74) is 1.11. The molecule has 1 aromatic carbocycles. The first-order valence-corrected chi connectivity index (χ1v) is 5.84. The minimum Gasteiger partial charge on any atom is -0.443 e. The van der Waals surface area contributed by atoms with Gasteiger partial charge in [-0.1, -0.05) is 30.3 Å². The van der Waals surface area contributed by atoms with Crippen molar-refractivity contribution in [3.8, 4) is 0 Å². The lowest BCUT2D eigenvalue weighted by molar-refractivity contribution is 0.134. The van der Waals surface area contributed by atoms with Crippen LogP contribution < -0.4 is 0 Å². The van der Waals surface area contributed by atoms with Crippen LogP contribution in [0.1, 0.15) is 18.5 Å². The van der Waals surface area contributed by atoms with Gasteiger partial charge in [-0.15, -0.1) is 11.6 Å². The molecule has 1 heterocycles. The van der Waals surface area contributed by atoms with E-state index in [1.807, 2.05) is 37.3 Å². The first-order chi connectivity index (χ1) is 7.72. The summed E-state index contributed by atoms with van der Waals surface area (Å²) in [5, 5.41) is 0. The molecule has 0 N–H and O–H groups in total. The number of ether oxygens (including phenoxy) is 1. The average molecular weight is 240 g/mol. The Morgan fingerprint density at radius 3 is 2.75 bits per heavy atom. The monoisotopic (exact) mass is 239 g/mol. The van der Waals surface area contributed by atoms with Crippen molar-refractivity contribution in [3.05, 3.63) is 35.9 Å². The second-order valence-corrected chi connectivity index (χ2v) is 4.21. The lowest BCUT2D eigenvalue weighted by atomic mass is 10.1. The summed E-state index contributed by atoms with van der Waals surface area (Å²) in [4.78, 5) is 13.3. The molecule has 0 bridgehead atoms. The standard InChI is InChI=1S/C12H14ClNO2/c1-9(10-5-3-2-4-6-10)14-8-11(7-13)16-12(14)15/h2-6,9,11H,7-8H2,1H3/t9-,11+/m0/s1. The molecule has 0 unspecified atom stereocenters. The molecule has 1 saturated heterocycles. The predicted molar refractivity (Wildman–Crippen MR) is 62.6 cm³/mol. The highest BCUT2D eigenvalue weighted by molar-refractivity contribution is 6.18. The van der Waals surface area contributed by atoms with E-state index in [1.54, 1.807) is 4.90 Å². The highest BCUT2D eigenvalue weighted by atomic mass is 35.5. The minimum atomic E-state index is -0.276. The maximum absolute atomic E-state index is 11.6. The van der Waals surface area contributed by atoms with Crippen molar-refractivity contribution in [1.82, 2.24) is 4.90 Å². The smallest absolute Gasteiger partial charge is 0.410 e. The van der Waals surface area contributed by atoms with Crippen LogP contribution in [0.5, 0.6) is 0 Å². The predicted octanol–water partition coefficient (Wildman–Crippen LogP) is 2.81. The minimum absolute atomic E-state index is 0.0296. The van der Waals surface area contributed by atoms with Crippen molar-refractivity contribution in [2.45, 2.75) is 19.1 Å². The van der Waals surface area contributed by atoms with Gasteiger partial charge >= 0.3 is 6.09 Å². The van der Waals surface area contributed by atoms with E-state index in [1.165, 1.54) is 0 Å². The van der Waals surface area contributed by atoms with E-state index < -0.39 is 0 Å². The zero-order valence-corrected chi connectivity index (χ0v) is 9.85. The van der Waals surface area contributed by atoms with Crippen molar-refractivity contribution in [1.29, 1.82) is 0 Å². The number of alkyl halides is 1. The number of benzene rings is 1. The zero-order chi connectivity index (χ0) is 11.5. The molecule has 1 aromatic rings. The van der Waals surface area contributed by atoms with E-state index in [0.29, 0.717) is 12.4 Å². The third-order valence-corrected chi connectivity index (χ3v) is 3.17. The fraction of sp³-hybridized carbons (Fsp3) is 0.417. The molecule has 3 nitrogen and oxygen atoms in total. The molecule has 1 aliphatic rings. The summed E-state index contributed by atoms with van der Waals surface area (Å²) in [7, 11) is 0. The van der Waals surface area contributed by atoms with Gasteiger partial charge in [-0.05, 0) is 12.5 Å². The van der Waals surface area contributed by atoms with Crippen LogP contribution in [0.15, 0.2) is 30.3 Å². The molecule has 1 fully saturated rings. The lowest BCUT2D eigenvalue weighted by Gasteiger charge is -2.22. The number of hydrogen-bond donors (Lipinski definition) is 0. The van der Waals surface area contributed by atoms with E-state index in [2.05, 4.69) is 0 Å². The first kappa shape index (κ1) is 11.3. The number of carbonyl (C=O) groups excluding carboxylic acids is 1. The lowest BCUT2D eigenvalue weighted by Crippen LogP contribution is -2.28. The van der Waals surface area contributed by atoms with Gasteiger partial charge < -0.3 is 4.74 Å². The molecule has 0 aromatic heterocycles. The fourth-order valence-electron chi connectivity index (χ4n) is 1.85. The van der Waals surface area contributed by atoms with E-state index in [4.69, 9.17) is 16.3 Å². The van der Waals surface area contributed by atoms with Crippen LogP contribution in [0.3, 0.4) is 0 Å². The van der Waals surface area contributed by atoms with Crippen LogP contribution in [-0.4, -0.2) is 29.5 Å². The Morgan fingerprint density at radius 2 is 2.19 bits per heavy atom. The summed E-state index contributed by atoms with van der Waals surface area (Å²) in [5.74, 6) is 0.351. The third kappa shape index (κ3) is 2.14. The Labute approximate surface area is 100.0 Å². The van der Waals surface area contributed by atoms with Gasteiger partial charge in [0.1, 0.15) is 6.10 Å². The van der Waals surface area contributed by atoms with Crippen LogP contribution in [0.4, 0.5) is 4.79 Å². The SMILES string of the molecule is C[C@@H](c1ccccc1)N1C[C@@H](CCl)OC1=O. The van der Waals surface area contributed by atoms with Crippen LogP contribution in [0, 0.1) is 0 Å². The first-order valence-electron chi connectivity index (χ1n) is 5.30. The van der Waals surface area contributed by atoms with Gasteiger partial charge in [0.2, 0.25) is 0 Å². The molecule has 0 spiro atoms. The van der Waals surface area contributed by atoms with Crippen molar-refractivity contribution >= 4 is 17.7 Å². The zero-order valence-electron chi connectivity index (χ0n) is 9.10. The Hall–Kier alpha value is -1.22. The maximum Gasteiger partial charge on any atom is 0.410 e. The second-order valence-electron chi connectivity index (χ2n) is 3.90. The molecule has 0 saturated carbocycles. The van der Waals surface area contributed by atoms with E-state index in [-0.39, 0.29) is 18.2 Å². The number of carbonyl (C=O) groups is 1. The quantitative estimate of drug-likeness (QED) is 0.760. The molecule has 0 aliphatic carbocycles. The fourth-order valence-corrected chi connectivity index (χ4v) is 2.01. The highest BCUT2D eigenvalue weighted by Crippen LogP contribution is 2.25. The van der Waals surface area contributed by atoms with Gasteiger partial charge in [0.25, 0.3) is 0 Å². The molecular weight excluding hydrogens is 226 g/mol. The second kappa shape index (κ2) is 4.74. The van der Waals surface area contributed by atoms with Gasteiger partial charge in [-0.2, -0.15) is 0 Å².